The Balaban J connectivity index is 2.00. The van der Waals surface area contributed by atoms with Crippen LogP contribution in [-0.2, 0) is 0 Å². The summed E-state index contributed by atoms with van der Waals surface area (Å²) < 4.78 is 11.1. The molecule has 0 fully saturated rings. The van der Waals surface area contributed by atoms with E-state index in [0.717, 1.165) is 28.2 Å². The second-order valence-electron chi connectivity index (χ2n) is 7.93. The van der Waals surface area contributed by atoms with Crippen molar-refractivity contribution in [1.29, 1.82) is 0 Å². The maximum Gasteiger partial charge on any atom is 0.231 e. The summed E-state index contributed by atoms with van der Waals surface area (Å²) in [4.78, 5) is 0. The molecule has 0 saturated carbocycles. The summed E-state index contributed by atoms with van der Waals surface area (Å²) in [5, 5.41) is 1.31. The lowest BCUT2D eigenvalue weighted by Crippen LogP contribution is -2.22. The van der Waals surface area contributed by atoms with Crippen LogP contribution in [0.5, 0.6) is 11.5 Å². The molecule has 1 heterocycles. The summed E-state index contributed by atoms with van der Waals surface area (Å²) in [5.74, 6) is 1.59. The van der Waals surface area contributed by atoms with Crippen LogP contribution in [0.2, 0.25) is 19.6 Å². The van der Waals surface area contributed by atoms with Gasteiger partial charge in [-0.1, -0.05) is 80.3 Å². The average molecular weight is 385 g/mol. The Morgan fingerprint density at radius 3 is 1.96 bits per heavy atom. The lowest BCUT2D eigenvalue weighted by Gasteiger charge is -2.20. The molecule has 2 nitrogen and oxygen atoms in total. The number of rotatable bonds is 4. The molecule has 1 aliphatic heterocycles. The Hall–Kier alpha value is -3.00. The van der Waals surface area contributed by atoms with Crippen molar-refractivity contribution in [1.82, 2.24) is 0 Å². The highest BCUT2D eigenvalue weighted by molar-refractivity contribution is 6.93. The fourth-order valence-electron chi connectivity index (χ4n) is 3.39. The van der Waals surface area contributed by atoms with Crippen LogP contribution >= 0.6 is 0 Å². The molecule has 0 N–H and O–H groups in total. The van der Waals surface area contributed by atoms with Gasteiger partial charge in [-0.25, -0.2) is 0 Å². The standard InChI is InChI=1S/C25H24O2Si/c1-28(2,3)25(20-12-8-5-9-13-20)17-22(19-10-6-4-7-11-19)21-14-15-23-24(16-21)27-18-26-23/h4-16H,18H2,1-3H3. The van der Waals surface area contributed by atoms with Crippen molar-refractivity contribution in [3.8, 4) is 11.5 Å². The van der Waals surface area contributed by atoms with Gasteiger partial charge in [0, 0.05) is 5.57 Å². The third kappa shape index (κ3) is 3.82. The quantitative estimate of drug-likeness (QED) is 0.382. The minimum absolute atomic E-state index is 0.281. The van der Waals surface area contributed by atoms with Crippen molar-refractivity contribution in [3.63, 3.8) is 0 Å². The Morgan fingerprint density at radius 1 is 0.714 bits per heavy atom. The van der Waals surface area contributed by atoms with Crippen LogP contribution in [0, 0.1) is 0 Å². The summed E-state index contributed by atoms with van der Waals surface area (Å²) >= 11 is 0. The molecule has 0 aliphatic carbocycles. The van der Waals surface area contributed by atoms with Gasteiger partial charge in [-0.2, -0.15) is 0 Å². The van der Waals surface area contributed by atoms with Crippen molar-refractivity contribution in [2.45, 2.75) is 19.6 Å². The van der Waals surface area contributed by atoms with E-state index in [-0.39, 0.29) is 6.79 Å². The van der Waals surface area contributed by atoms with Gasteiger partial charge in [0.1, 0.15) is 0 Å². The molecule has 140 valence electrons. The van der Waals surface area contributed by atoms with Gasteiger partial charge in [0.25, 0.3) is 0 Å². The van der Waals surface area contributed by atoms with Gasteiger partial charge in [0.05, 0.1) is 8.07 Å². The normalized spacial score (nSPS) is 12.4. The zero-order valence-electron chi connectivity index (χ0n) is 16.5. The van der Waals surface area contributed by atoms with E-state index in [2.05, 4.69) is 92.1 Å². The molecular formula is C25H24O2Si. The van der Waals surface area contributed by atoms with Gasteiger partial charge < -0.3 is 9.47 Å². The van der Waals surface area contributed by atoms with Gasteiger partial charge in [-0.3, -0.25) is 0 Å². The lowest BCUT2D eigenvalue weighted by molar-refractivity contribution is 0.174. The van der Waals surface area contributed by atoms with E-state index in [0.29, 0.717) is 0 Å². The van der Waals surface area contributed by atoms with Crippen LogP contribution in [0.25, 0.3) is 10.8 Å². The Morgan fingerprint density at radius 2 is 1.32 bits per heavy atom. The van der Waals surface area contributed by atoms with E-state index >= 15 is 0 Å². The molecule has 0 bridgehead atoms. The number of ether oxygens (including phenoxy) is 2. The van der Waals surface area contributed by atoms with Crippen LogP contribution in [0.3, 0.4) is 0 Å². The van der Waals surface area contributed by atoms with Gasteiger partial charge in [-0.15, -0.1) is 5.73 Å². The molecule has 0 unspecified atom stereocenters. The Labute approximate surface area is 167 Å². The molecule has 0 saturated heterocycles. The molecule has 1 aliphatic rings. The molecule has 0 spiro atoms. The molecule has 3 aromatic carbocycles. The van der Waals surface area contributed by atoms with E-state index in [9.17, 15) is 0 Å². The number of benzene rings is 3. The topological polar surface area (TPSA) is 18.5 Å². The SMILES string of the molecule is C[Si](C)(C)C(=C=C(c1ccccc1)c1ccc2c(c1)OCO2)c1ccccc1. The van der Waals surface area contributed by atoms with E-state index in [1.807, 2.05) is 12.1 Å². The molecule has 3 heteroatoms. The third-order valence-electron chi connectivity index (χ3n) is 4.79. The number of hydrogen-bond acceptors (Lipinski definition) is 2. The monoisotopic (exact) mass is 384 g/mol. The highest BCUT2D eigenvalue weighted by Crippen LogP contribution is 2.36. The van der Waals surface area contributed by atoms with Crippen molar-refractivity contribution >= 4 is 18.8 Å². The maximum atomic E-state index is 5.62. The average Bonchev–Trinajstić information content (AvgIpc) is 3.17. The first-order valence-corrected chi connectivity index (χ1v) is 13.0. The zero-order chi connectivity index (χ0) is 19.6. The fourth-order valence-corrected chi connectivity index (χ4v) is 4.92. The van der Waals surface area contributed by atoms with Crippen LogP contribution < -0.4 is 9.47 Å². The second-order valence-corrected chi connectivity index (χ2v) is 12.9. The predicted octanol–water partition coefficient (Wildman–Crippen LogP) is 6.41. The highest BCUT2D eigenvalue weighted by Gasteiger charge is 2.22. The summed E-state index contributed by atoms with van der Waals surface area (Å²) in [6.45, 7) is 7.38. The second kappa shape index (κ2) is 7.55. The number of fused-ring (bicyclic) bond motifs is 1. The zero-order valence-corrected chi connectivity index (χ0v) is 17.5. The minimum Gasteiger partial charge on any atom is -0.454 e. The summed E-state index contributed by atoms with van der Waals surface area (Å²) in [5.41, 5.74) is 8.39. The molecule has 3 aromatic rings. The number of hydrogen-bond donors (Lipinski definition) is 0. The van der Waals surface area contributed by atoms with Crippen LogP contribution in [0.15, 0.2) is 84.6 Å². The van der Waals surface area contributed by atoms with Crippen molar-refractivity contribution in [3.05, 3.63) is 101 Å². The smallest absolute Gasteiger partial charge is 0.231 e. The van der Waals surface area contributed by atoms with E-state index in [1.165, 1.54) is 10.8 Å². The lowest BCUT2D eigenvalue weighted by atomic mass is 9.98. The van der Waals surface area contributed by atoms with E-state index in [4.69, 9.17) is 9.47 Å². The van der Waals surface area contributed by atoms with E-state index in [1.54, 1.807) is 0 Å². The third-order valence-corrected chi connectivity index (χ3v) is 6.70. The molecular weight excluding hydrogens is 360 g/mol. The van der Waals surface area contributed by atoms with Crippen molar-refractivity contribution in [2.24, 2.45) is 0 Å². The van der Waals surface area contributed by atoms with Crippen molar-refractivity contribution in [2.75, 3.05) is 6.79 Å². The summed E-state index contributed by atoms with van der Waals surface area (Å²) in [6, 6.07) is 27.2. The van der Waals surface area contributed by atoms with Gasteiger partial charge >= 0.3 is 0 Å². The van der Waals surface area contributed by atoms with Crippen molar-refractivity contribution < 1.29 is 9.47 Å². The Kier molecular flexibility index (Phi) is 4.95. The van der Waals surface area contributed by atoms with Gasteiger partial charge in [-0.05, 0) is 40.1 Å². The fraction of sp³-hybridized carbons (Fsp3) is 0.160. The van der Waals surface area contributed by atoms with Gasteiger partial charge in [0.2, 0.25) is 6.79 Å². The molecule has 4 rings (SSSR count). The summed E-state index contributed by atoms with van der Waals surface area (Å²) in [6.07, 6.45) is 0. The van der Waals surface area contributed by atoms with Crippen LogP contribution in [0.4, 0.5) is 0 Å². The maximum absolute atomic E-state index is 5.62. The minimum atomic E-state index is -1.65. The molecule has 0 amide bonds. The van der Waals surface area contributed by atoms with Crippen LogP contribution in [0.1, 0.15) is 16.7 Å². The first kappa shape index (κ1) is 18.4. The molecule has 0 radical (unpaired) electrons. The largest absolute Gasteiger partial charge is 0.454 e. The highest BCUT2D eigenvalue weighted by atomic mass is 28.3. The first-order chi connectivity index (χ1) is 13.5. The predicted molar refractivity (Wildman–Crippen MR) is 118 cm³/mol. The molecule has 0 aromatic heterocycles. The van der Waals surface area contributed by atoms with E-state index < -0.39 is 8.07 Å². The van der Waals surface area contributed by atoms with Crippen LogP contribution in [-0.4, -0.2) is 14.9 Å². The Bertz CT molecular complexity index is 1040. The molecule has 0 atom stereocenters. The first-order valence-electron chi connectivity index (χ1n) is 9.54. The summed E-state index contributed by atoms with van der Waals surface area (Å²) in [7, 11) is -1.65. The van der Waals surface area contributed by atoms with Gasteiger partial charge in [0.15, 0.2) is 11.5 Å². The molecule has 28 heavy (non-hydrogen) atoms.